The lowest BCUT2D eigenvalue weighted by molar-refractivity contribution is -0.140. The van der Waals surface area contributed by atoms with Crippen molar-refractivity contribution in [1.29, 1.82) is 0 Å². The van der Waals surface area contributed by atoms with Crippen LogP contribution in [0.2, 0.25) is 0 Å². The van der Waals surface area contributed by atoms with Crippen LogP contribution in [0.15, 0.2) is 70.9 Å². The third-order valence-corrected chi connectivity index (χ3v) is 5.36. The number of furan rings is 1. The van der Waals surface area contributed by atoms with Gasteiger partial charge in [0.2, 0.25) is 0 Å². The number of aryl methyl sites for hydroxylation is 1. The Morgan fingerprint density at radius 1 is 1.16 bits per heavy atom. The van der Waals surface area contributed by atoms with E-state index in [2.05, 4.69) is 0 Å². The summed E-state index contributed by atoms with van der Waals surface area (Å²) in [5, 5.41) is 11.1. The van der Waals surface area contributed by atoms with Crippen LogP contribution in [-0.2, 0) is 16.1 Å². The molecule has 1 unspecified atom stereocenters. The smallest absolute Gasteiger partial charge is 0.296 e. The van der Waals surface area contributed by atoms with Gasteiger partial charge in [-0.05, 0) is 67.4 Å². The normalized spacial score (nSPS) is 17.7. The van der Waals surface area contributed by atoms with Gasteiger partial charge in [0.1, 0.15) is 23.1 Å². The molecular formula is C25H22FNO5. The number of benzene rings is 2. The van der Waals surface area contributed by atoms with E-state index in [0.717, 1.165) is 0 Å². The summed E-state index contributed by atoms with van der Waals surface area (Å²) in [6.45, 7) is 3.91. The Balaban J connectivity index is 1.88. The van der Waals surface area contributed by atoms with Gasteiger partial charge in [0.15, 0.2) is 0 Å². The first-order valence-electron chi connectivity index (χ1n) is 10.2. The number of aliphatic hydroxyl groups excluding tert-OH is 1. The molecular weight excluding hydrogens is 413 g/mol. The number of carbonyl (C=O) groups is 2. The van der Waals surface area contributed by atoms with Gasteiger partial charge >= 0.3 is 0 Å². The van der Waals surface area contributed by atoms with Crippen molar-refractivity contribution in [2.45, 2.75) is 26.4 Å². The molecule has 2 aromatic carbocycles. The quantitative estimate of drug-likeness (QED) is 0.343. The number of halogens is 1. The minimum absolute atomic E-state index is 0.0420. The van der Waals surface area contributed by atoms with Crippen molar-refractivity contribution in [2.75, 3.05) is 6.61 Å². The molecule has 1 aliphatic heterocycles. The van der Waals surface area contributed by atoms with Crippen LogP contribution in [-0.4, -0.2) is 28.3 Å². The Labute approximate surface area is 184 Å². The van der Waals surface area contributed by atoms with Gasteiger partial charge in [-0.3, -0.25) is 9.59 Å². The molecule has 1 N–H and O–H groups in total. The Bertz CT molecular complexity index is 1200. The number of Topliss-reactive ketones (excluding diaryl/α,β-unsaturated/α-hetero) is 1. The van der Waals surface area contributed by atoms with E-state index in [-0.39, 0.29) is 23.4 Å². The molecule has 1 aliphatic rings. The zero-order chi connectivity index (χ0) is 22.8. The molecule has 164 valence electrons. The fourth-order valence-electron chi connectivity index (χ4n) is 3.85. The lowest BCUT2D eigenvalue weighted by Gasteiger charge is -2.25. The van der Waals surface area contributed by atoms with Crippen LogP contribution in [0, 0.1) is 12.7 Å². The Kier molecular flexibility index (Phi) is 5.81. The molecule has 4 rings (SSSR count). The first-order valence-corrected chi connectivity index (χ1v) is 10.2. The number of carbonyl (C=O) groups excluding carboxylic acids is 2. The fourth-order valence-corrected chi connectivity index (χ4v) is 3.85. The van der Waals surface area contributed by atoms with Crippen LogP contribution in [0.25, 0.3) is 5.76 Å². The maximum absolute atomic E-state index is 13.8. The number of ketones is 1. The monoisotopic (exact) mass is 435 g/mol. The number of hydrogen-bond acceptors (Lipinski definition) is 5. The molecule has 1 aromatic heterocycles. The van der Waals surface area contributed by atoms with Crippen LogP contribution < -0.4 is 4.74 Å². The summed E-state index contributed by atoms with van der Waals surface area (Å²) in [5.41, 5.74) is 1.10. The highest BCUT2D eigenvalue weighted by Gasteiger charge is 2.46. The summed E-state index contributed by atoms with van der Waals surface area (Å²) in [6, 6.07) is 13.6. The number of rotatable bonds is 6. The van der Waals surface area contributed by atoms with Crippen molar-refractivity contribution in [1.82, 2.24) is 4.90 Å². The minimum atomic E-state index is -0.870. The van der Waals surface area contributed by atoms with Crippen LogP contribution in [0.3, 0.4) is 0 Å². The number of hydrogen-bond donors (Lipinski definition) is 1. The highest BCUT2D eigenvalue weighted by atomic mass is 19.1. The lowest BCUT2D eigenvalue weighted by atomic mass is 9.94. The van der Waals surface area contributed by atoms with Gasteiger partial charge in [0.05, 0.1) is 31.0 Å². The molecule has 0 radical (unpaired) electrons. The van der Waals surface area contributed by atoms with Gasteiger partial charge in [0, 0.05) is 5.56 Å². The summed E-state index contributed by atoms with van der Waals surface area (Å²) in [6.07, 6.45) is 1.48. The highest BCUT2D eigenvalue weighted by Crippen LogP contribution is 2.41. The van der Waals surface area contributed by atoms with Crippen molar-refractivity contribution < 1.29 is 28.2 Å². The van der Waals surface area contributed by atoms with E-state index in [9.17, 15) is 19.1 Å². The van der Waals surface area contributed by atoms with E-state index in [0.29, 0.717) is 29.2 Å². The second-order valence-electron chi connectivity index (χ2n) is 7.48. The predicted molar refractivity (Wildman–Crippen MR) is 115 cm³/mol. The molecule has 3 aromatic rings. The molecule has 6 nitrogen and oxygen atoms in total. The van der Waals surface area contributed by atoms with E-state index in [4.69, 9.17) is 9.15 Å². The molecule has 1 atom stereocenters. The Hall–Kier alpha value is -3.87. The van der Waals surface area contributed by atoms with Gasteiger partial charge in [-0.2, -0.15) is 0 Å². The standard InChI is InChI=1S/C25H22FNO5/c1-3-31-18-7-4-6-16(13-18)22-21(23(28)17-9-10-20(26)15(2)12-17)24(29)25(30)27(22)14-19-8-5-11-32-19/h4-13,22,28H,3,14H2,1-2H3/b23-21-. The fraction of sp³-hybridized carbons (Fsp3) is 0.200. The summed E-state index contributed by atoms with van der Waals surface area (Å²) in [5.74, 6) is -1.29. The molecule has 0 bridgehead atoms. The van der Waals surface area contributed by atoms with Gasteiger partial charge < -0.3 is 19.2 Å². The molecule has 1 saturated heterocycles. The maximum Gasteiger partial charge on any atom is 0.296 e. The predicted octanol–water partition coefficient (Wildman–Crippen LogP) is 4.75. The van der Waals surface area contributed by atoms with Crippen molar-refractivity contribution in [3.05, 3.63) is 94.7 Å². The van der Waals surface area contributed by atoms with Gasteiger partial charge in [-0.1, -0.05) is 12.1 Å². The molecule has 1 amide bonds. The van der Waals surface area contributed by atoms with E-state index < -0.39 is 23.5 Å². The molecule has 0 spiro atoms. The van der Waals surface area contributed by atoms with Crippen LogP contribution in [0.1, 0.15) is 35.4 Å². The molecule has 2 heterocycles. The topological polar surface area (TPSA) is 80.0 Å². The molecule has 0 saturated carbocycles. The zero-order valence-electron chi connectivity index (χ0n) is 17.7. The average molecular weight is 435 g/mol. The number of aliphatic hydroxyl groups is 1. The summed E-state index contributed by atoms with van der Waals surface area (Å²) < 4.78 is 24.7. The molecule has 7 heteroatoms. The summed E-state index contributed by atoms with van der Waals surface area (Å²) >= 11 is 0. The Morgan fingerprint density at radius 3 is 2.66 bits per heavy atom. The van der Waals surface area contributed by atoms with Crippen LogP contribution >= 0.6 is 0 Å². The third-order valence-electron chi connectivity index (χ3n) is 5.36. The van der Waals surface area contributed by atoms with Gasteiger partial charge in [0.25, 0.3) is 11.7 Å². The molecule has 32 heavy (non-hydrogen) atoms. The van der Waals surface area contributed by atoms with Crippen LogP contribution in [0.5, 0.6) is 5.75 Å². The van der Waals surface area contributed by atoms with Crippen molar-refractivity contribution in [3.8, 4) is 5.75 Å². The zero-order valence-corrected chi connectivity index (χ0v) is 17.7. The van der Waals surface area contributed by atoms with Crippen molar-refractivity contribution >= 4 is 17.4 Å². The molecule has 0 aliphatic carbocycles. The first-order chi connectivity index (χ1) is 15.4. The number of amides is 1. The largest absolute Gasteiger partial charge is 0.507 e. The Morgan fingerprint density at radius 2 is 1.97 bits per heavy atom. The second kappa shape index (κ2) is 8.70. The van der Waals surface area contributed by atoms with Crippen LogP contribution in [0.4, 0.5) is 4.39 Å². The maximum atomic E-state index is 13.8. The highest BCUT2D eigenvalue weighted by molar-refractivity contribution is 6.46. The summed E-state index contributed by atoms with van der Waals surface area (Å²) in [7, 11) is 0. The summed E-state index contributed by atoms with van der Waals surface area (Å²) in [4.78, 5) is 27.4. The first kappa shape index (κ1) is 21.4. The minimum Gasteiger partial charge on any atom is -0.507 e. The van der Waals surface area contributed by atoms with E-state index >= 15 is 0 Å². The van der Waals surface area contributed by atoms with Gasteiger partial charge in [-0.15, -0.1) is 0 Å². The third kappa shape index (κ3) is 3.89. The lowest BCUT2D eigenvalue weighted by Crippen LogP contribution is -2.29. The van der Waals surface area contributed by atoms with Gasteiger partial charge in [-0.25, -0.2) is 4.39 Å². The SMILES string of the molecule is CCOc1cccc(C2/C(=C(/O)c3ccc(F)c(C)c3)C(=O)C(=O)N2Cc2ccco2)c1. The second-order valence-corrected chi connectivity index (χ2v) is 7.48. The van der Waals surface area contributed by atoms with E-state index in [1.165, 1.54) is 29.4 Å². The number of ether oxygens (including phenoxy) is 1. The van der Waals surface area contributed by atoms with E-state index in [1.54, 1.807) is 43.3 Å². The molecule has 1 fully saturated rings. The number of likely N-dealkylation sites (tertiary alicyclic amines) is 1. The number of nitrogens with zero attached hydrogens (tertiary/aromatic N) is 1. The van der Waals surface area contributed by atoms with E-state index in [1.807, 2.05) is 6.92 Å². The van der Waals surface area contributed by atoms with Crippen molar-refractivity contribution in [3.63, 3.8) is 0 Å². The average Bonchev–Trinajstić information content (AvgIpc) is 3.38. The van der Waals surface area contributed by atoms with Crippen molar-refractivity contribution in [2.24, 2.45) is 0 Å².